The molecule has 1 heterocycles. The Morgan fingerprint density at radius 1 is 1.32 bits per heavy atom. The molecule has 4 N–H and O–H groups in total. The fourth-order valence-corrected chi connectivity index (χ4v) is 3.23. The zero-order valence-corrected chi connectivity index (χ0v) is 11.5. The van der Waals surface area contributed by atoms with E-state index in [9.17, 15) is 9.59 Å². The molecular formula is C14H25N3O2. The second kappa shape index (κ2) is 6.89. The molecule has 2 amide bonds. The third-order valence-corrected chi connectivity index (χ3v) is 4.33. The average Bonchev–Trinajstić information content (AvgIpc) is 2.42. The molecule has 5 nitrogen and oxygen atoms in total. The number of piperidine rings is 1. The van der Waals surface area contributed by atoms with Crippen molar-refractivity contribution in [2.24, 2.45) is 17.6 Å². The zero-order chi connectivity index (χ0) is 13.7. The monoisotopic (exact) mass is 267 g/mol. The molecule has 0 radical (unpaired) electrons. The first-order valence-corrected chi connectivity index (χ1v) is 7.49. The molecule has 2 fully saturated rings. The Morgan fingerprint density at radius 2 is 2.16 bits per heavy atom. The Balaban J connectivity index is 1.83. The molecular weight excluding hydrogens is 242 g/mol. The molecule has 19 heavy (non-hydrogen) atoms. The minimum atomic E-state index is -0.323. The van der Waals surface area contributed by atoms with Crippen LogP contribution in [0.3, 0.4) is 0 Å². The van der Waals surface area contributed by atoms with Crippen LogP contribution in [0.15, 0.2) is 0 Å². The van der Waals surface area contributed by atoms with Crippen LogP contribution < -0.4 is 16.4 Å². The highest BCUT2D eigenvalue weighted by molar-refractivity contribution is 5.88. The third kappa shape index (κ3) is 3.93. The topological polar surface area (TPSA) is 84.2 Å². The van der Waals surface area contributed by atoms with Crippen molar-refractivity contribution in [1.29, 1.82) is 0 Å². The molecule has 2 aliphatic rings. The van der Waals surface area contributed by atoms with E-state index in [-0.39, 0.29) is 23.8 Å². The first-order valence-electron chi connectivity index (χ1n) is 7.49. The molecule has 0 bridgehead atoms. The summed E-state index contributed by atoms with van der Waals surface area (Å²) < 4.78 is 0. The largest absolute Gasteiger partial charge is 0.354 e. The van der Waals surface area contributed by atoms with E-state index in [2.05, 4.69) is 10.6 Å². The van der Waals surface area contributed by atoms with Gasteiger partial charge in [-0.25, -0.2) is 0 Å². The molecule has 3 unspecified atom stereocenters. The predicted octanol–water partition coefficient (Wildman–Crippen LogP) is 0.536. The number of nitrogens with one attached hydrogen (secondary N) is 2. The summed E-state index contributed by atoms with van der Waals surface area (Å²) in [5.41, 5.74) is 5.60. The molecule has 3 atom stereocenters. The maximum Gasteiger partial charge on any atom is 0.242 e. The van der Waals surface area contributed by atoms with Crippen molar-refractivity contribution in [3.8, 4) is 0 Å². The van der Waals surface area contributed by atoms with Gasteiger partial charge in [0.05, 0.1) is 0 Å². The quantitative estimate of drug-likeness (QED) is 0.695. The van der Waals surface area contributed by atoms with Crippen LogP contribution in [0.4, 0.5) is 0 Å². The van der Waals surface area contributed by atoms with Gasteiger partial charge in [0.2, 0.25) is 11.8 Å². The SMILES string of the molecule is NCCC1CCCC(C(=O)NC2CCCNC2=O)C1. The standard InChI is InChI=1S/C14H25N3O2/c15-7-6-10-3-1-4-11(9-10)13(18)17-12-5-2-8-16-14(12)19/h10-12H,1-9,15H2,(H,16,19)(H,17,18). The van der Waals surface area contributed by atoms with Gasteiger partial charge in [-0.2, -0.15) is 0 Å². The van der Waals surface area contributed by atoms with Crippen LogP contribution >= 0.6 is 0 Å². The van der Waals surface area contributed by atoms with Crippen LogP contribution in [0.1, 0.15) is 44.9 Å². The maximum absolute atomic E-state index is 12.2. The minimum Gasteiger partial charge on any atom is -0.354 e. The molecule has 1 saturated heterocycles. The summed E-state index contributed by atoms with van der Waals surface area (Å²) in [4.78, 5) is 23.9. The second-order valence-electron chi connectivity index (χ2n) is 5.80. The van der Waals surface area contributed by atoms with Crippen LogP contribution in [0.2, 0.25) is 0 Å². The smallest absolute Gasteiger partial charge is 0.242 e. The summed E-state index contributed by atoms with van der Waals surface area (Å²) in [6.45, 7) is 1.43. The molecule has 1 aliphatic heterocycles. The summed E-state index contributed by atoms with van der Waals surface area (Å²) in [7, 11) is 0. The average molecular weight is 267 g/mol. The van der Waals surface area contributed by atoms with Crippen LogP contribution in [0.25, 0.3) is 0 Å². The van der Waals surface area contributed by atoms with Crippen molar-refractivity contribution in [3.05, 3.63) is 0 Å². The number of carbonyl (C=O) groups is 2. The van der Waals surface area contributed by atoms with Crippen molar-refractivity contribution >= 4 is 11.8 Å². The lowest BCUT2D eigenvalue weighted by molar-refractivity contribution is -0.133. The second-order valence-corrected chi connectivity index (χ2v) is 5.80. The molecule has 2 rings (SSSR count). The van der Waals surface area contributed by atoms with Gasteiger partial charge in [-0.15, -0.1) is 0 Å². The summed E-state index contributed by atoms with van der Waals surface area (Å²) >= 11 is 0. The maximum atomic E-state index is 12.2. The van der Waals surface area contributed by atoms with Crippen LogP contribution in [-0.4, -0.2) is 30.9 Å². The number of rotatable bonds is 4. The van der Waals surface area contributed by atoms with Gasteiger partial charge in [-0.05, 0) is 44.6 Å². The van der Waals surface area contributed by atoms with Gasteiger partial charge in [-0.1, -0.05) is 12.8 Å². The minimum absolute atomic E-state index is 0.0334. The lowest BCUT2D eigenvalue weighted by Gasteiger charge is -2.30. The summed E-state index contributed by atoms with van der Waals surface area (Å²) in [6, 6.07) is -0.323. The zero-order valence-electron chi connectivity index (χ0n) is 11.5. The van der Waals surface area contributed by atoms with Crippen molar-refractivity contribution in [2.45, 2.75) is 51.0 Å². The summed E-state index contributed by atoms with van der Waals surface area (Å²) in [5, 5.41) is 5.72. The van der Waals surface area contributed by atoms with Crippen molar-refractivity contribution in [1.82, 2.24) is 10.6 Å². The molecule has 5 heteroatoms. The van der Waals surface area contributed by atoms with E-state index in [1.807, 2.05) is 0 Å². The molecule has 0 aromatic rings. The fourth-order valence-electron chi connectivity index (χ4n) is 3.23. The Bertz CT molecular complexity index is 331. The summed E-state index contributed by atoms with van der Waals surface area (Å²) in [5.74, 6) is 0.674. The number of nitrogens with two attached hydrogens (primary N) is 1. The molecule has 0 spiro atoms. The number of hydrogen-bond acceptors (Lipinski definition) is 3. The van der Waals surface area contributed by atoms with Gasteiger partial charge in [-0.3, -0.25) is 9.59 Å². The van der Waals surface area contributed by atoms with E-state index in [0.717, 1.165) is 45.1 Å². The van der Waals surface area contributed by atoms with Gasteiger partial charge in [0.15, 0.2) is 0 Å². The van der Waals surface area contributed by atoms with E-state index >= 15 is 0 Å². The normalized spacial score (nSPS) is 31.6. The predicted molar refractivity (Wildman–Crippen MR) is 73.3 cm³/mol. The van der Waals surface area contributed by atoms with E-state index in [1.165, 1.54) is 6.42 Å². The van der Waals surface area contributed by atoms with Gasteiger partial charge in [0, 0.05) is 12.5 Å². The Kier molecular flexibility index (Phi) is 5.19. The van der Waals surface area contributed by atoms with Gasteiger partial charge in [0.1, 0.15) is 6.04 Å². The van der Waals surface area contributed by atoms with E-state index in [4.69, 9.17) is 5.73 Å². The lowest BCUT2D eigenvalue weighted by Crippen LogP contribution is -2.51. The highest BCUT2D eigenvalue weighted by atomic mass is 16.2. The molecule has 0 aromatic carbocycles. The first kappa shape index (κ1) is 14.3. The van der Waals surface area contributed by atoms with Gasteiger partial charge >= 0.3 is 0 Å². The molecule has 0 aromatic heterocycles. The highest BCUT2D eigenvalue weighted by Gasteiger charge is 2.30. The summed E-state index contributed by atoms with van der Waals surface area (Å²) in [6.07, 6.45) is 6.87. The highest BCUT2D eigenvalue weighted by Crippen LogP contribution is 2.31. The number of hydrogen-bond donors (Lipinski definition) is 3. The Hall–Kier alpha value is -1.10. The first-order chi connectivity index (χ1) is 9.20. The molecule has 1 saturated carbocycles. The van der Waals surface area contributed by atoms with Crippen molar-refractivity contribution < 1.29 is 9.59 Å². The van der Waals surface area contributed by atoms with Crippen LogP contribution in [0, 0.1) is 11.8 Å². The third-order valence-electron chi connectivity index (χ3n) is 4.33. The van der Waals surface area contributed by atoms with E-state index < -0.39 is 0 Å². The number of amides is 2. The van der Waals surface area contributed by atoms with Crippen molar-refractivity contribution in [3.63, 3.8) is 0 Å². The lowest BCUT2D eigenvalue weighted by atomic mass is 9.79. The van der Waals surface area contributed by atoms with Gasteiger partial charge < -0.3 is 16.4 Å². The van der Waals surface area contributed by atoms with Crippen LogP contribution in [-0.2, 0) is 9.59 Å². The Morgan fingerprint density at radius 3 is 2.89 bits per heavy atom. The van der Waals surface area contributed by atoms with Gasteiger partial charge in [0.25, 0.3) is 0 Å². The molecule has 108 valence electrons. The Labute approximate surface area is 114 Å². The van der Waals surface area contributed by atoms with Crippen molar-refractivity contribution in [2.75, 3.05) is 13.1 Å². The van der Waals surface area contributed by atoms with E-state index in [1.54, 1.807) is 0 Å². The molecule has 1 aliphatic carbocycles. The van der Waals surface area contributed by atoms with Crippen LogP contribution in [0.5, 0.6) is 0 Å². The number of carbonyl (C=O) groups excluding carboxylic acids is 2. The van der Waals surface area contributed by atoms with E-state index in [0.29, 0.717) is 12.5 Å². The fraction of sp³-hybridized carbons (Fsp3) is 0.857.